The number of carbonyl (C=O) groups excluding carboxylic acids is 1. The molecule has 0 aromatic carbocycles. The number of hydrogen-bond donors (Lipinski definition) is 0. The highest BCUT2D eigenvalue weighted by Crippen LogP contribution is 2.54. The van der Waals surface area contributed by atoms with Crippen molar-refractivity contribution in [1.82, 2.24) is 0 Å². The van der Waals surface area contributed by atoms with E-state index >= 15 is 0 Å². The maximum Gasteiger partial charge on any atom is 0.170 e. The smallest absolute Gasteiger partial charge is 0.170 e. The zero-order valence-corrected chi connectivity index (χ0v) is 13.3. The van der Waals surface area contributed by atoms with Gasteiger partial charge in [-0.15, -0.1) is 23.5 Å². The largest absolute Gasteiger partial charge is 0.293 e. The summed E-state index contributed by atoms with van der Waals surface area (Å²) in [6, 6.07) is 0. The summed E-state index contributed by atoms with van der Waals surface area (Å²) in [5.74, 6) is 0.916. The minimum absolute atomic E-state index is 0.162. The fourth-order valence-electron chi connectivity index (χ4n) is 3.56. The van der Waals surface area contributed by atoms with Gasteiger partial charge in [-0.25, -0.2) is 0 Å². The van der Waals surface area contributed by atoms with Gasteiger partial charge in [-0.1, -0.05) is 18.6 Å². The molecule has 1 saturated carbocycles. The highest BCUT2D eigenvalue weighted by molar-refractivity contribution is 8.21. The maximum atomic E-state index is 12.9. The van der Waals surface area contributed by atoms with Crippen LogP contribution < -0.4 is 0 Å². The molecule has 2 atom stereocenters. The number of thioether (sulfide) groups is 2. The predicted octanol–water partition coefficient (Wildman–Crippen LogP) is 4.65. The molecule has 0 aromatic heterocycles. The molecule has 2 aliphatic rings. The standard InChI is InChI=1S/C15H22OS2/c1-10-6-5-7-11(2)15(10)9-8-12(13(15)16)14(17-3)18-4/h6,11H,5,7-9H2,1-4H3/t11-,15+/m1/s1. The van der Waals surface area contributed by atoms with E-state index in [0.29, 0.717) is 11.7 Å². The van der Waals surface area contributed by atoms with Crippen molar-refractivity contribution in [3.05, 3.63) is 21.5 Å². The van der Waals surface area contributed by atoms with E-state index in [0.717, 1.165) is 31.3 Å². The van der Waals surface area contributed by atoms with Gasteiger partial charge in [0.15, 0.2) is 5.78 Å². The van der Waals surface area contributed by atoms with Gasteiger partial charge in [-0.05, 0) is 51.0 Å². The molecule has 18 heavy (non-hydrogen) atoms. The number of rotatable bonds is 2. The molecule has 3 heteroatoms. The third kappa shape index (κ3) is 2.00. The lowest BCUT2D eigenvalue weighted by molar-refractivity contribution is -0.123. The lowest BCUT2D eigenvalue weighted by Crippen LogP contribution is -2.37. The second-order valence-electron chi connectivity index (χ2n) is 5.34. The van der Waals surface area contributed by atoms with Crippen LogP contribution in [-0.2, 0) is 4.79 Å². The first-order chi connectivity index (χ1) is 8.57. The second-order valence-corrected chi connectivity index (χ2v) is 7.23. The molecule has 0 N–H and O–H groups in total. The van der Waals surface area contributed by atoms with Crippen molar-refractivity contribution in [2.75, 3.05) is 12.5 Å². The Hall–Kier alpha value is -0.150. The molecule has 1 nitrogen and oxygen atoms in total. The molecule has 2 aliphatic carbocycles. The molecule has 0 amide bonds. The number of ketones is 1. The van der Waals surface area contributed by atoms with Crippen molar-refractivity contribution in [1.29, 1.82) is 0 Å². The minimum Gasteiger partial charge on any atom is -0.293 e. The number of Topliss-reactive ketones (excluding diaryl/α,β-unsaturated/α-hetero) is 1. The summed E-state index contributed by atoms with van der Waals surface area (Å²) in [4.78, 5) is 12.9. The first kappa shape index (κ1) is 14.3. The van der Waals surface area contributed by atoms with Gasteiger partial charge in [-0.2, -0.15) is 0 Å². The van der Waals surface area contributed by atoms with Gasteiger partial charge in [0.1, 0.15) is 0 Å². The van der Waals surface area contributed by atoms with Crippen molar-refractivity contribution in [3.63, 3.8) is 0 Å². The van der Waals surface area contributed by atoms with Crippen LogP contribution in [0.2, 0.25) is 0 Å². The molecule has 100 valence electrons. The minimum atomic E-state index is -0.162. The summed E-state index contributed by atoms with van der Waals surface area (Å²) in [6.07, 6.45) is 10.7. The van der Waals surface area contributed by atoms with E-state index < -0.39 is 0 Å². The predicted molar refractivity (Wildman–Crippen MR) is 82.9 cm³/mol. The summed E-state index contributed by atoms with van der Waals surface area (Å²) >= 11 is 3.45. The average molecular weight is 282 g/mol. The van der Waals surface area contributed by atoms with Crippen LogP contribution in [-0.4, -0.2) is 18.3 Å². The highest BCUT2D eigenvalue weighted by atomic mass is 32.2. The van der Waals surface area contributed by atoms with Crippen molar-refractivity contribution in [2.45, 2.75) is 39.5 Å². The lowest BCUT2D eigenvalue weighted by Gasteiger charge is -2.38. The van der Waals surface area contributed by atoms with Gasteiger partial charge in [0.25, 0.3) is 0 Å². The van der Waals surface area contributed by atoms with E-state index in [2.05, 4.69) is 32.4 Å². The van der Waals surface area contributed by atoms with Crippen LogP contribution in [0.4, 0.5) is 0 Å². The maximum absolute atomic E-state index is 12.9. The Morgan fingerprint density at radius 2 is 2.06 bits per heavy atom. The first-order valence-corrected chi connectivity index (χ1v) is 9.06. The Bertz CT molecular complexity index is 416. The molecule has 1 spiro atoms. The SMILES string of the molecule is CSC(SC)=C1CC[C@]2(C1=O)C(C)=CCC[C@H]2C. The Labute approximate surface area is 119 Å². The van der Waals surface area contributed by atoms with Crippen LogP contribution in [0.1, 0.15) is 39.5 Å². The third-order valence-corrected chi connectivity index (χ3v) is 6.90. The summed E-state index contributed by atoms with van der Waals surface area (Å²) < 4.78 is 1.22. The number of carbonyl (C=O) groups is 1. The fraction of sp³-hybridized carbons (Fsp3) is 0.667. The molecule has 1 fully saturated rings. The lowest BCUT2D eigenvalue weighted by atomic mass is 9.64. The van der Waals surface area contributed by atoms with Crippen LogP contribution in [0.5, 0.6) is 0 Å². The molecule has 2 rings (SSSR count). The van der Waals surface area contributed by atoms with Crippen LogP contribution in [0.25, 0.3) is 0 Å². The molecule has 0 bridgehead atoms. The molecular formula is C15H22OS2. The van der Waals surface area contributed by atoms with Crippen LogP contribution in [0, 0.1) is 11.3 Å². The van der Waals surface area contributed by atoms with Gasteiger partial charge in [0.2, 0.25) is 0 Å². The van der Waals surface area contributed by atoms with E-state index in [9.17, 15) is 4.79 Å². The van der Waals surface area contributed by atoms with Gasteiger partial charge in [0.05, 0.1) is 5.41 Å². The Balaban J connectivity index is 2.45. The molecule has 0 aliphatic heterocycles. The van der Waals surface area contributed by atoms with E-state index in [1.165, 1.54) is 9.81 Å². The quantitative estimate of drug-likeness (QED) is 0.542. The van der Waals surface area contributed by atoms with Crippen molar-refractivity contribution in [2.24, 2.45) is 11.3 Å². The van der Waals surface area contributed by atoms with Crippen LogP contribution in [0.3, 0.4) is 0 Å². The van der Waals surface area contributed by atoms with Gasteiger partial charge in [0, 0.05) is 9.81 Å². The van der Waals surface area contributed by atoms with E-state index in [1.54, 1.807) is 23.5 Å². The molecule has 0 aromatic rings. The van der Waals surface area contributed by atoms with Gasteiger partial charge >= 0.3 is 0 Å². The van der Waals surface area contributed by atoms with Crippen molar-refractivity contribution >= 4 is 29.3 Å². The zero-order chi connectivity index (χ0) is 13.3. The molecule has 0 saturated heterocycles. The summed E-state index contributed by atoms with van der Waals surface area (Å²) in [6.45, 7) is 4.42. The fourth-order valence-corrected chi connectivity index (χ4v) is 5.11. The Morgan fingerprint density at radius 1 is 1.39 bits per heavy atom. The van der Waals surface area contributed by atoms with E-state index in [4.69, 9.17) is 0 Å². The average Bonchev–Trinajstić information content (AvgIpc) is 2.69. The first-order valence-electron chi connectivity index (χ1n) is 6.61. The Kier molecular flexibility index (Phi) is 4.32. The molecule has 0 radical (unpaired) electrons. The van der Waals surface area contributed by atoms with E-state index in [1.807, 2.05) is 0 Å². The molecule has 0 unspecified atom stereocenters. The zero-order valence-electron chi connectivity index (χ0n) is 11.7. The summed E-state index contributed by atoms with van der Waals surface area (Å²) in [5, 5.41) is 0. The normalized spacial score (nSPS) is 32.0. The van der Waals surface area contributed by atoms with Crippen molar-refractivity contribution in [3.8, 4) is 0 Å². The third-order valence-electron chi connectivity index (χ3n) is 4.66. The van der Waals surface area contributed by atoms with Gasteiger partial charge in [-0.3, -0.25) is 4.79 Å². The monoisotopic (exact) mass is 282 g/mol. The summed E-state index contributed by atoms with van der Waals surface area (Å²) in [7, 11) is 0. The highest BCUT2D eigenvalue weighted by Gasteiger charge is 2.51. The Morgan fingerprint density at radius 3 is 2.61 bits per heavy atom. The molecular weight excluding hydrogens is 260 g/mol. The molecule has 0 heterocycles. The summed E-state index contributed by atoms with van der Waals surface area (Å²) in [5.41, 5.74) is 2.25. The topological polar surface area (TPSA) is 17.1 Å². The van der Waals surface area contributed by atoms with Crippen molar-refractivity contribution < 1.29 is 4.79 Å². The second kappa shape index (κ2) is 5.46. The number of hydrogen-bond acceptors (Lipinski definition) is 3. The van der Waals surface area contributed by atoms with Crippen LogP contribution >= 0.6 is 23.5 Å². The number of allylic oxidation sites excluding steroid dienone is 3. The van der Waals surface area contributed by atoms with Crippen LogP contribution in [0.15, 0.2) is 21.5 Å². The van der Waals surface area contributed by atoms with E-state index in [-0.39, 0.29) is 5.41 Å². The van der Waals surface area contributed by atoms with Gasteiger partial charge < -0.3 is 0 Å².